The van der Waals surface area contributed by atoms with Crippen molar-refractivity contribution in [2.24, 2.45) is 0 Å². The molecule has 0 aromatic carbocycles. The largest absolute Gasteiger partial charge is 0.379 e. The first-order valence-corrected chi connectivity index (χ1v) is 4.38. The second kappa shape index (κ2) is 3.39. The van der Waals surface area contributed by atoms with Gasteiger partial charge in [0, 0.05) is 0 Å². The normalized spacial score (nSPS) is 21.8. The Bertz CT molecular complexity index is 132. The molecule has 0 amide bonds. The maximum Gasteiger partial charge on any atom is 0.142 e. The lowest BCUT2D eigenvalue weighted by atomic mass is 10.3. The minimum absolute atomic E-state index is 0.147. The molecule has 1 unspecified atom stereocenters. The van der Waals surface area contributed by atoms with Gasteiger partial charge in [-0.3, -0.25) is 4.79 Å². The summed E-state index contributed by atoms with van der Waals surface area (Å²) in [5, 5.41) is 0.716. The predicted octanol–water partition coefficient (Wildman–Crippen LogP) is 1.10. The van der Waals surface area contributed by atoms with Gasteiger partial charge in [0.1, 0.15) is 5.78 Å². The van der Waals surface area contributed by atoms with Crippen molar-refractivity contribution in [1.29, 1.82) is 0 Å². The van der Waals surface area contributed by atoms with E-state index in [1.165, 1.54) is 0 Å². The lowest BCUT2D eigenvalue weighted by Gasteiger charge is -2.27. The van der Waals surface area contributed by atoms with E-state index in [1.54, 1.807) is 18.7 Å². The first-order valence-electron chi connectivity index (χ1n) is 3.44. The minimum atomic E-state index is 0.147. The van der Waals surface area contributed by atoms with Crippen LogP contribution in [0, 0.1) is 0 Å². The van der Waals surface area contributed by atoms with Crippen LogP contribution in [0.5, 0.6) is 0 Å². The molecule has 58 valence electrons. The summed E-state index contributed by atoms with van der Waals surface area (Å²) < 4.78 is 4.98. The monoisotopic (exact) mass is 160 g/mol. The van der Waals surface area contributed by atoms with E-state index in [1.807, 2.05) is 6.92 Å². The van der Waals surface area contributed by atoms with E-state index < -0.39 is 0 Å². The van der Waals surface area contributed by atoms with E-state index in [4.69, 9.17) is 4.74 Å². The summed E-state index contributed by atoms with van der Waals surface area (Å²) in [5.74, 6) is 0.261. The lowest BCUT2D eigenvalue weighted by molar-refractivity contribution is -0.116. The highest BCUT2D eigenvalue weighted by Crippen LogP contribution is 2.23. The van der Waals surface area contributed by atoms with E-state index >= 15 is 0 Å². The maximum absolute atomic E-state index is 10.8. The quantitative estimate of drug-likeness (QED) is 0.618. The predicted molar refractivity (Wildman–Crippen MR) is 42.3 cm³/mol. The van der Waals surface area contributed by atoms with Crippen molar-refractivity contribution in [3.05, 3.63) is 0 Å². The second-order valence-corrected chi connectivity index (χ2v) is 4.19. The molecule has 2 nitrogen and oxygen atoms in total. The fraction of sp³-hybridized carbons (Fsp3) is 0.857. The smallest absolute Gasteiger partial charge is 0.142 e. The molecular formula is C7H12O2S. The molecule has 0 spiro atoms. The SMILES string of the molecule is CC(=O)C(C)SC1COC1. The van der Waals surface area contributed by atoms with Crippen LogP contribution in [0.15, 0.2) is 0 Å². The zero-order valence-electron chi connectivity index (χ0n) is 6.29. The number of hydrogen-bond donors (Lipinski definition) is 0. The Hall–Kier alpha value is -0.0200. The highest BCUT2D eigenvalue weighted by atomic mass is 32.2. The van der Waals surface area contributed by atoms with Crippen molar-refractivity contribution >= 4 is 17.5 Å². The van der Waals surface area contributed by atoms with Crippen molar-refractivity contribution in [3.8, 4) is 0 Å². The molecule has 0 aliphatic carbocycles. The molecule has 0 N–H and O–H groups in total. The second-order valence-electron chi connectivity index (χ2n) is 2.55. The van der Waals surface area contributed by atoms with Gasteiger partial charge in [-0.1, -0.05) is 0 Å². The van der Waals surface area contributed by atoms with Crippen molar-refractivity contribution in [2.45, 2.75) is 24.3 Å². The molecule has 0 bridgehead atoms. The number of rotatable bonds is 3. The third-order valence-corrected chi connectivity index (χ3v) is 2.97. The molecule has 0 aromatic heterocycles. The topological polar surface area (TPSA) is 26.3 Å². The van der Waals surface area contributed by atoms with Crippen LogP contribution >= 0.6 is 11.8 Å². The number of carbonyl (C=O) groups is 1. The Morgan fingerprint density at radius 1 is 1.70 bits per heavy atom. The Kier molecular flexibility index (Phi) is 2.74. The molecule has 10 heavy (non-hydrogen) atoms. The molecule has 1 aliphatic heterocycles. The van der Waals surface area contributed by atoms with Crippen LogP contribution in [0.3, 0.4) is 0 Å². The molecular weight excluding hydrogens is 148 g/mol. The Morgan fingerprint density at radius 2 is 2.30 bits per heavy atom. The maximum atomic E-state index is 10.8. The van der Waals surface area contributed by atoms with Crippen molar-refractivity contribution < 1.29 is 9.53 Å². The molecule has 1 fully saturated rings. The van der Waals surface area contributed by atoms with Crippen molar-refractivity contribution in [1.82, 2.24) is 0 Å². The molecule has 0 aromatic rings. The zero-order valence-corrected chi connectivity index (χ0v) is 7.11. The first-order chi connectivity index (χ1) is 4.70. The van der Waals surface area contributed by atoms with Gasteiger partial charge in [0.05, 0.1) is 23.7 Å². The average Bonchev–Trinajstić information content (AvgIpc) is 1.77. The van der Waals surface area contributed by atoms with Crippen molar-refractivity contribution in [2.75, 3.05) is 13.2 Å². The number of hydrogen-bond acceptors (Lipinski definition) is 3. The molecule has 3 heteroatoms. The molecule has 0 radical (unpaired) electrons. The summed E-state index contributed by atoms with van der Waals surface area (Å²) in [4.78, 5) is 10.8. The van der Waals surface area contributed by atoms with Crippen LogP contribution < -0.4 is 0 Å². The Labute approximate surface area is 65.3 Å². The van der Waals surface area contributed by atoms with Gasteiger partial charge in [-0.15, -0.1) is 11.8 Å². The van der Waals surface area contributed by atoms with Gasteiger partial charge < -0.3 is 4.74 Å². The zero-order chi connectivity index (χ0) is 7.56. The summed E-state index contributed by atoms with van der Waals surface area (Å²) >= 11 is 1.72. The summed E-state index contributed by atoms with van der Waals surface area (Å²) in [5.41, 5.74) is 0. The highest BCUT2D eigenvalue weighted by molar-refractivity contribution is 8.01. The third-order valence-electron chi connectivity index (χ3n) is 1.58. The molecule has 0 saturated carbocycles. The van der Waals surface area contributed by atoms with Gasteiger partial charge in [-0.25, -0.2) is 0 Å². The number of ketones is 1. The van der Waals surface area contributed by atoms with E-state index in [0.29, 0.717) is 5.25 Å². The molecule has 1 saturated heterocycles. The average molecular weight is 160 g/mol. The van der Waals surface area contributed by atoms with Crippen LogP contribution in [0.4, 0.5) is 0 Å². The number of carbonyl (C=O) groups excluding carboxylic acids is 1. The first kappa shape index (κ1) is 8.08. The van der Waals surface area contributed by atoms with E-state index in [0.717, 1.165) is 13.2 Å². The van der Waals surface area contributed by atoms with Crippen LogP contribution in [0.2, 0.25) is 0 Å². The molecule has 1 atom stereocenters. The fourth-order valence-electron chi connectivity index (χ4n) is 0.677. The van der Waals surface area contributed by atoms with Gasteiger partial charge in [0.2, 0.25) is 0 Å². The highest BCUT2D eigenvalue weighted by Gasteiger charge is 2.22. The van der Waals surface area contributed by atoms with Gasteiger partial charge in [-0.2, -0.15) is 0 Å². The summed E-state index contributed by atoms with van der Waals surface area (Å²) in [7, 11) is 0. The minimum Gasteiger partial charge on any atom is -0.379 e. The lowest BCUT2D eigenvalue weighted by Crippen LogP contribution is -2.33. The number of Topliss-reactive ketones (excluding diaryl/α,β-unsaturated/α-hetero) is 1. The molecule has 1 aliphatic rings. The van der Waals surface area contributed by atoms with E-state index in [-0.39, 0.29) is 11.0 Å². The Morgan fingerprint density at radius 3 is 2.60 bits per heavy atom. The van der Waals surface area contributed by atoms with Crippen LogP contribution in [-0.4, -0.2) is 29.5 Å². The van der Waals surface area contributed by atoms with Gasteiger partial charge in [0.15, 0.2) is 0 Å². The van der Waals surface area contributed by atoms with Crippen molar-refractivity contribution in [3.63, 3.8) is 0 Å². The van der Waals surface area contributed by atoms with Gasteiger partial charge >= 0.3 is 0 Å². The Balaban J connectivity index is 2.16. The standard InChI is InChI=1S/C7H12O2S/c1-5(8)6(2)10-7-3-9-4-7/h6-7H,3-4H2,1-2H3. The van der Waals surface area contributed by atoms with Gasteiger partial charge in [0.25, 0.3) is 0 Å². The number of thioether (sulfide) groups is 1. The van der Waals surface area contributed by atoms with E-state index in [9.17, 15) is 4.79 Å². The fourth-order valence-corrected chi connectivity index (χ4v) is 1.80. The molecule has 1 rings (SSSR count). The summed E-state index contributed by atoms with van der Waals surface area (Å²) in [6, 6.07) is 0. The molecule has 1 heterocycles. The summed E-state index contributed by atoms with van der Waals surface area (Å²) in [6.45, 7) is 5.23. The van der Waals surface area contributed by atoms with E-state index in [2.05, 4.69) is 0 Å². The van der Waals surface area contributed by atoms with Crippen LogP contribution in [-0.2, 0) is 9.53 Å². The summed E-state index contributed by atoms with van der Waals surface area (Å²) in [6.07, 6.45) is 0. The van der Waals surface area contributed by atoms with Crippen LogP contribution in [0.25, 0.3) is 0 Å². The van der Waals surface area contributed by atoms with Gasteiger partial charge in [-0.05, 0) is 13.8 Å². The number of ether oxygens (including phenoxy) is 1. The third kappa shape index (κ3) is 1.99. The van der Waals surface area contributed by atoms with Crippen LogP contribution in [0.1, 0.15) is 13.8 Å².